The summed E-state index contributed by atoms with van der Waals surface area (Å²) >= 11 is 0. The number of hydrogen-bond acceptors (Lipinski definition) is 4. The van der Waals surface area contributed by atoms with Gasteiger partial charge >= 0.3 is 0 Å². The number of Topliss-reactive ketones (excluding diaryl/α,β-unsaturated/α-hetero) is 1. The Morgan fingerprint density at radius 1 is 1.24 bits per heavy atom. The van der Waals surface area contributed by atoms with E-state index in [0.29, 0.717) is 12.8 Å². The first-order chi connectivity index (χ1) is 14.0. The third kappa shape index (κ3) is 2.69. The number of nitrogens with zero attached hydrogens (tertiary/aromatic N) is 4. The zero-order chi connectivity index (χ0) is 20.2. The summed E-state index contributed by atoms with van der Waals surface area (Å²) in [5, 5.41) is 4.34. The number of aryl methyl sites for hydroxylation is 1. The fourth-order valence-electron chi connectivity index (χ4n) is 5.23. The molecule has 6 heteroatoms. The van der Waals surface area contributed by atoms with Gasteiger partial charge in [-0.2, -0.15) is 5.10 Å². The topological polar surface area (TPSA) is 69.8 Å². The van der Waals surface area contributed by atoms with Crippen molar-refractivity contribution in [2.24, 2.45) is 18.9 Å². The highest BCUT2D eigenvalue weighted by molar-refractivity contribution is 5.94. The van der Waals surface area contributed by atoms with Crippen molar-refractivity contribution in [3.63, 3.8) is 0 Å². The van der Waals surface area contributed by atoms with E-state index >= 15 is 0 Å². The first kappa shape index (κ1) is 18.0. The summed E-state index contributed by atoms with van der Waals surface area (Å²) in [7, 11) is 1.90. The van der Waals surface area contributed by atoms with Gasteiger partial charge in [-0.25, -0.2) is 4.98 Å². The maximum atomic E-state index is 12.4. The summed E-state index contributed by atoms with van der Waals surface area (Å²) in [4.78, 5) is 29.1. The van der Waals surface area contributed by atoms with Crippen LogP contribution in [0.5, 0.6) is 0 Å². The third-order valence-corrected chi connectivity index (χ3v) is 6.79. The molecule has 2 heterocycles. The number of imidazole rings is 1. The molecule has 5 rings (SSSR count). The minimum absolute atomic E-state index is 0.0842. The Morgan fingerprint density at radius 3 is 2.72 bits per heavy atom. The number of carbonyl (C=O) groups excluding carboxylic acids is 2. The van der Waals surface area contributed by atoms with Crippen LogP contribution in [0.3, 0.4) is 0 Å². The molecule has 3 aromatic rings. The van der Waals surface area contributed by atoms with Crippen LogP contribution in [-0.2, 0) is 28.5 Å². The molecule has 0 saturated heterocycles. The number of benzene rings is 1. The van der Waals surface area contributed by atoms with Crippen molar-refractivity contribution >= 4 is 12.1 Å². The predicted octanol–water partition coefficient (Wildman–Crippen LogP) is 3.27. The average molecular weight is 388 g/mol. The predicted molar refractivity (Wildman–Crippen MR) is 109 cm³/mol. The zero-order valence-corrected chi connectivity index (χ0v) is 16.7. The van der Waals surface area contributed by atoms with Gasteiger partial charge in [0.2, 0.25) is 0 Å². The highest BCUT2D eigenvalue weighted by Gasteiger charge is 2.50. The molecule has 2 aliphatic rings. The Balaban J connectivity index is 1.73. The summed E-state index contributed by atoms with van der Waals surface area (Å²) < 4.78 is 4.02. The maximum Gasteiger partial charge on any atom is 0.148 e. The molecule has 0 N–H and O–H groups in total. The van der Waals surface area contributed by atoms with Gasteiger partial charge in [0, 0.05) is 36.5 Å². The van der Waals surface area contributed by atoms with Crippen molar-refractivity contribution in [2.45, 2.75) is 38.0 Å². The quantitative estimate of drug-likeness (QED) is 0.510. The molecule has 2 aliphatic carbocycles. The largest absolute Gasteiger partial charge is 0.303 e. The standard InChI is InChI=1S/C23H24N4O2/c1-23-11-15(14-28)20(29)10-17(23)8-9-19-21(23)25-22(16-12-24-26(2)13-16)27(19)18-6-4-3-5-7-18/h3-7,12-15,17H,8-11H2,1-2H3/t15?,17?,23-/m0/s1. The Hall–Kier alpha value is -3.02. The van der Waals surface area contributed by atoms with Gasteiger partial charge in [0.15, 0.2) is 0 Å². The van der Waals surface area contributed by atoms with E-state index in [0.717, 1.165) is 41.9 Å². The molecule has 0 amide bonds. The summed E-state index contributed by atoms with van der Waals surface area (Å²) in [5.41, 5.74) is 3.98. The number of fused-ring (bicyclic) bond motifs is 3. The molecular weight excluding hydrogens is 364 g/mol. The van der Waals surface area contributed by atoms with E-state index in [4.69, 9.17) is 4.98 Å². The number of rotatable bonds is 3. The van der Waals surface area contributed by atoms with Gasteiger partial charge in [0.05, 0.1) is 23.4 Å². The van der Waals surface area contributed by atoms with E-state index in [2.05, 4.69) is 28.7 Å². The molecule has 3 atom stereocenters. The smallest absolute Gasteiger partial charge is 0.148 e. The molecule has 148 valence electrons. The van der Waals surface area contributed by atoms with Gasteiger partial charge in [-0.15, -0.1) is 0 Å². The number of aromatic nitrogens is 4. The van der Waals surface area contributed by atoms with E-state index < -0.39 is 5.92 Å². The molecule has 1 aromatic carbocycles. The van der Waals surface area contributed by atoms with Crippen LogP contribution in [-0.4, -0.2) is 31.4 Å². The highest BCUT2D eigenvalue weighted by Crippen LogP contribution is 2.51. The van der Waals surface area contributed by atoms with Crippen molar-refractivity contribution in [1.82, 2.24) is 19.3 Å². The van der Waals surface area contributed by atoms with Crippen molar-refractivity contribution in [3.05, 3.63) is 54.1 Å². The monoisotopic (exact) mass is 388 g/mol. The van der Waals surface area contributed by atoms with Gasteiger partial charge in [-0.3, -0.25) is 14.0 Å². The Kier molecular flexibility index (Phi) is 4.05. The minimum Gasteiger partial charge on any atom is -0.303 e. The zero-order valence-electron chi connectivity index (χ0n) is 16.7. The number of hydrogen-bond donors (Lipinski definition) is 0. The van der Waals surface area contributed by atoms with Crippen LogP contribution >= 0.6 is 0 Å². The molecule has 0 radical (unpaired) electrons. The van der Waals surface area contributed by atoms with Crippen LogP contribution in [0.25, 0.3) is 17.1 Å². The second kappa shape index (κ2) is 6.51. The fourth-order valence-corrected chi connectivity index (χ4v) is 5.23. The van der Waals surface area contributed by atoms with E-state index in [1.807, 2.05) is 37.6 Å². The lowest BCUT2D eigenvalue weighted by Gasteiger charge is -2.45. The van der Waals surface area contributed by atoms with Crippen LogP contribution < -0.4 is 0 Å². The van der Waals surface area contributed by atoms with E-state index in [1.165, 1.54) is 5.69 Å². The van der Waals surface area contributed by atoms with Crippen molar-refractivity contribution < 1.29 is 9.59 Å². The van der Waals surface area contributed by atoms with Gasteiger partial charge in [-0.1, -0.05) is 25.1 Å². The van der Waals surface area contributed by atoms with Crippen LogP contribution in [0.4, 0.5) is 0 Å². The molecule has 6 nitrogen and oxygen atoms in total. The fraction of sp³-hybridized carbons (Fsp3) is 0.391. The number of carbonyl (C=O) groups is 2. The third-order valence-electron chi connectivity index (χ3n) is 6.79. The molecule has 1 fully saturated rings. The van der Waals surface area contributed by atoms with Gasteiger partial charge < -0.3 is 4.79 Å². The molecule has 2 unspecified atom stereocenters. The SMILES string of the molecule is Cn1cc(-c2nc3c(n2-c2ccccc2)CCC2CC(=O)C(C=O)C[C@]32C)cn1. The van der Waals surface area contributed by atoms with E-state index in [9.17, 15) is 9.59 Å². The summed E-state index contributed by atoms with van der Waals surface area (Å²) in [6.07, 6.45) is 7.47. The Morgan fingerprint density at radius 2 is 2.03 bits per heavy atom. The highest BCUT2D eigenvalue weighted by atomic mass is 16.1. The van der Waals surface area contributed by atoms with Crippen molar-refractivity contribution in [1.29, 1.82) is 0 Å². The molecule has 0 aliphatic heterocycles. The van der Waals surface area contributed by atoms with E-state index in [1.54, 1.807) is 4.68 Å². The van der Waals surface area contributed by atoms with Gasteiger partial charge in [-0.05, 0) is 37.3 Å². The lowest BCUT2D eigenvalue weighted by atomic mass is 9.58. The van der Waals surface area contributed by atoms with Crippen molar-refractivity contribution in [3.8, 4) is 17.1 Å². The number of para-hydroxylation sites is 1. The number of ketones is 1. The lowest BCUT2D eigenvalue weighted by Crippen LogP contribution is -2.46. The summed E-state index contributed by atoms with van der Waals surface area (Å²) in [5.74, 6) is 0.669. The van der Waals surface area contributed by atoms with Crippen LogP contribution in [0, 0.1) is 11.8 Å². The first-order valence-electron chi connectivity index (χ1n) is 10.2. The Bertz CT molecular complexity index is 1100. The second-order valence-electron chi connectivity index (χ2n) is 8.57. The normalized spacial score (nSPS) is 26.1. The molecule has 2 aromatic heterocycles. The Labute approximate surface area is 169 Å². The van der Waals surface area contributed by atoms with Crippen LogP contribution in [0.15, 0.2) is 42.7 Å². The minimum atomic E-state index is -0.522. The molecule has 0 spiro atoms. The van der Waals surface area contributed by atoms with Crippen molar-refractivity contribution in [2.75, 3.05) is 0 Å². The molecule has 0 bridgehead atoms. The average Bonchev–Trinajstić information content (AvgIpc) is 3.33. The molecular formula is C23H24N4O2. The first-order valence-corrected chi connectivity index (χ1v) is 10.2. The number of aldehydes is 1. The second-order valence-corrected chi connectivity index (χ2v) is 8.57. The summed E-state index contributed by atoms with van der Waals surface area (Å²) in [6.45, 7) is 2.19. The maximum absolute atomic E-state index is 12.4. The molecule has 1 saturated carbocycles. The summed E-state index contributed by atoms with van der Waals surface area (Å²) in [6, 6.07) is 10.3. The molecule has 29 heavy (non-hydrogen) atoms. The lowest BCUT2D eigenvalue weighted by molar-refractivity contribution is -0.132. The van der Waals surface area contributed by atoms with E-state index in [-0.39, 0.29) is 17.1 Å². The van der Waals surface area contributed by atoms with Crippen LogP contribution in [0.1, 0.15) is 37.6 Å². The van der Waals surface area contributed by atoms with Crippen LogP contribution in [0.2, 0.25) is 0 Å². The van der Waals surface area contributed by atoms with Gasteiger partial charge in [0.25, 0.3) is 0 Å². The van der Waals surface area contributed by atoms with Gasteiger partial charge in [0.1, 0.15) is 17.9 Å².